The van der Waals surface area contributed by atoms with E-state index >= 15 is 0 Å². The molecule has 0 unspecified atom stereocenters. The quantitative estimate of drug-likeness (QED) is 0.487. The van der Waals surface area contributed by atoms with Crippen molar-refractivity contribution in [1.29, 1.82) is 0 Å². The van der Waals surface area contributed by atoms with Gasteiger partial charge in [-0.15, -0.1) is 0 Å². The molecule has 0 aliphatic rings. The van der Waals surface area contributed by atoms with Gasteiger partial charge in [0.15, 0.2) is 0 Å². The van der Waals surface area contributed by atoms with Crippen molar-refractivity contribution in [2.24, 2.45) is 0 Å². The van der Waals surface area contributed by atoms with Gasteiger partial charge in [0.25, 0.3) is 6.43 Å². The van der Waals surface area contributed by atoms with Gasteiger partial charge in [-0.3, -0.25) is 0 Å². The van der Waals surface area contributed by atoms with Crippen LogP contribution in [0.4, 0.5) is 8.78 Å². The maximum absolute atomic E-state index is 11.7. The first-order valence-corrected chi connectivity index (χ1v) is 5.53. The Morgan fingerprint density at radius 3 is 2.31 bits per heavy atom. The number of alkyl halides is 2. The number of hydrogen-bond acceptors (Lipinski definition) is 4. The van der Waals surface area contributed by atoms with Gasteiger partial charge in [-0.05, 0) is 13.0 Å². The fourth-order valence-corrected chi connectivity index (χ4v) is 1.07. The normalized spacial score (nSPS) is 11.2. The molecule has 0 radical (unpaired) electrons. The Hall–Kier alpha value is -0.300. The maximum Gasteiger partial charge on any atom is 0.261 e. The summed E-state index contributed by atoms with van der Waals surface area (Å²) in [6.45, 7) is 4.00. The number of halogens is 2. The fourth-order valence-electron chi connectivity index (χ4n) is 1.07. The molecule has 0 atom stereocenters. The van der Waals surface area contributed by atoms with Crippen molar-refractivity contribution in [3.63, 3.8) is 0 Å². The first kappa shape index (κ1) is 15.7. The van der Waals surface area contributed by atoms with Gasteiger partial charge in [0.1, 0.15) is 6.61 Å². The van der Waals surface area contributed by atoms with E-state index in [9.17, 15) is 8.78 Å². The molecule has 0 saturated carbocycles. The molecule has 0 bridgehead atoms. The van der Waals surface area contributed by atoms with Gasteiger partial charge in [0.05, 0.1) is 6.61 Å². The molecule has 6 heteroatoms. The van der Waals surface area contributed by atoms with Crippen molar-refractivity contribution in [2.75, 3.05) is 53.1 Å². The summed E-state index contributed by atoms with van der Waals surface area (Å²) in [5, 5.41) is 6.37. The van der Waals surface area contributed by atoms with E-state index in [1.54, 1.807) is 7.11 Å². The van der Waals surface area contributed by atoms with Gasteiger partial charge in [-0.2, -0.15) is 0 Å². The Kier molecular flexibility index (Phi) is 12.5. The minimum Gasteiger partial charge on any atom is -0.383 e. The smallest absolute Gasteiger partial charge is 0.261 e. The Morgan fingerprint density at radius 1 is 1.00 bits per heavy atom. The van der Waals surface area contributed by atoms with Crippen LogP contribution < -0.4 is 10.6 Å². The number of ether oxygens (including phenoxy) is 2. The largest absolute Gasteiger partial charge is 0.383 e. The molecule has 2 N–H and O–H groups in total. The van der Waals surface area contributed by atoms with Crippen LogP contribution in [0.1, 0.15) is 6.42 Å². The lowest BCUT2D eigenvalue weighted by molar-refractivity contribution is 0.0168. The second-order valence-electron chi connectivity index (χ2n) is 3.31. The minimum atomic E-state index is -2.36. The van der Waals surface area contributed by atoms with Gasteiger partial charge in [0.2, 0.25) is 0 Å². The van der Waals surface area contributed by atoms with Crippen molar-refractivity contribution < 1.29 is 18.3 Å². The highest BCUT2D eigenvalue weighted by molar-refractivity contribution is 4.51. The number of rotatable bonds is 12. The molecule has 0 fully saturated rings. The van der Waals surface area contributed by atoms with Crippen molar-refractivity contribution >= 4 is 0 Å². The van der Waals surface area contributed by atoms with Crippen LogP contribution in [-0.4, -0.2) is 59.5 Å². The Labute approximate surface area is 95.7 Å². The molecule has 0 amide bonds. The van der Waals surface area contributed by atoms with Crippen LogP contribution >= 0.6 is 0 Å². The number of nitrogens with one attached hydrogen (secondary N) is 2. The molecule has 4 nitrogen and oxygen atoms in total. The predicted octanol–water partition coefficient (Wildman–Crippen LogP) is 0.484. The summed E-state index contributed by atoms with van der Waals surface area (Å²) in [7, 11) is 1.67. The van der Waals surface area contributed by atoms with Crippen LogP contribution in [0.15, 0.2) is 0 Å². The van der Waals surface area contributed by atoms with Gasteiger partial charge in [0, 0.05) is 33.4 Å². The van der Waals surface area contributed by atoms with Crippen molar-refractivity contribution in [3.8, 4) is 0 Å². The molecule has 0 aromatic carbocycles. The standard InChI is InChI=1S/C10H22F2N2O2/c1-15-8-6-14-5-4-13-3-2-7-16-9-10(11)12/h10,13-14H,2-9H2,1H3. The fraction of sp³-hybridized carbons (Fsp3) is 1.00. The first-order chi connectivity index (χ1) is 7.77. The highest BCUT2D eigenvalue weighted by Gasteiger charge is 2.00. The van der Waals surface area contributed by atoms with Gasteiger partial charge < -0.3 is 20.1 Å². The Balaban J connectivity index is 2.88. The van der Waals surface area contributed by atoms with E-state index in [1.807, 2.05) is 0 Å². The summed E-state index contributed by atoms with van der Waals surface area (Å²) in [5.74, 6) is 0. The zero-order valence-electron chi connectivity index (χ0n) is 9.81. The molecule has 0 rings (SSSR count). The van der Waals surface area contributed by atoms with Crippen LogP contribution in [0.2, 0.25) is 0 Å². The summed E-state index contributed by atoms with van der Waals surface area (Å²) in [4.78, 5) is 0. The lowest BCUT2D eigenvalue weighted by Crippen LogP contribution is -2.30. The molecule has 0 aliphatic carbocycles. The first-order valence-electron chi connectivity index (χ1n) is 5.53. The number of methoxy groups -OCH3 is 1. The molecular formula is C10H22F2N2O2. The summed E-state index contributed by atoms with van der Waals surface area (Å²) in [6, 6.07) is 0. The molecule has 98 valence electrons. The third-order valence-corrected chi connectivity index (χ3v) is 1.85. The maximum atomic E-state index is 11.7. The average Bonchev–Trinajstić information content (AvgIpc) is 2.25. The third-order valence-electron chi connectivity index (χ3n) is 1.85. The zero-order valence-corrected chi connectivity index (χ0v) is 9.81. The van der Waals surface area contributed by atoms with Crippen LogP contribution in [0, 0.1) is 0 Å². The topological polar surface area (TPSA) is 42.5 Å². The molecule has 0 aromatic rings. The summed E-state index contributed by atoms with van der Waals surface area (Å²) >= 11 is 0. The molecule has 0 heterocycles. The van der Waals surface area contributed by atoms with Crippen LogP contribution in [0.5, 0.6) is 0 Å². The summed E-state index contributed by atoms with van der Waals surface area (Å²) < 4.78 is 32.9. The summed E-state index contributed by atoms with van der Waals surface area (Å²) in [6.07, 6.45) is -1.61. The van der Waals surface area contributed by atoms with E-state index in [4.69, 9.17) is 9.47 Å². The van der Waals surface area contributed by atoms with Crippen molar-refractivity contribution in [3.05, 3.63) is 0 Å². The Bertz CT molecular complexity index is 140. The van der Waals surface area contributed by atoms with E-state index in [2.05, 4.69) is 10.6 Å². The lowest BCUT2D eigenvalue weighted by Gasteiger charge is -2.06. The van der Waals surface area contributed by atoms with Crippen LogP contribution in [-0.2, 0) is 9.47 Å². The lowest BCUT2D eigenvalue weighted by atomic mass is 10.4. The van der Waals surface area contributed by atoms with Crippen molar-refractivity contribution in [1.82, 2.24) is 10.6 Å². The molecule has 16 heavy (non-hydrogen) atoms. The number of hydrogen-bond donors (Lipinski definition) is 2. The van der Waals surface area contributed by atoms with E-state index in [0.29, 0.717) is 13.2 Å². The van der Waals surface area contributed by atoms with E-state index in [-0.39, 0.29) is 0 Å². The molecular weight excluding hydrogens is 218 g/mol. The Morgan fingerprint density at radius 2 is 1.69 bits per heavy atom. The highest BCUT2D eigenvalue weighted by atomic mass is 19.3. The predicted molar refractivity (Wildman–Crippen MR) is 59.1 cm³/mol. The average molecular weight is 240 g/mol. The molecule has 0 aromatic heterocycles. The molecule has 0 aliphatic heterocycles. The summed E-state index contributed by atoms with van der Waals surface area (Å²) in [5.41, 5.74) is 0. The van der Waals surface area contributed by atoms with Gasteiger partial charge >= 0.3 is 0 Å². The minimum absolute atomic E-state index is 0.383. The monoisotopic (exact) mass is 240 g/mol. The second-order valence-corrected chi connectivity index (χ2v) is 3.31. The van der Waals surface area contributed by atoms with E-state index in [0.717, 1.165) is 32.6 Å². The highest BCUT2D eigenvalue weighted by Crippen LogP contribution is 1.92. The van der Waals surface area contributed by atoms with Crippen LogP contribution in [0.3, 0.4) is 0 Å². The van der Waals surface area contributed by atoms with Crippen molar-refractivity contribution in [2.45, 2.75) is 12.8 Å². The van der Waals surface area contributed by atoms with Gasteiger partial charge in [-0.1, -0.05) is 0 Å². The second kappa shape index (κ2) is 12.8. The van der Waals surface area contributed by atoms with E-state index < -0.39 is 13.0 Å². The molecule has 0 saturated heterocycles. The van der Waals surface area contributed by atoms with Gasteiger partial charge in [-0.25, -0.2) is 8.78 Å². The van der Waals surface area contributed by atoms with Crippen LogP contribution in [0.25, 0.3) is 0 Å². The zero-order chi connectivity index (χ0) is 12.1. The third kappa shape index (κ3) is 13.7. The SMILES string of the molecule is COCCNCCNCCCOCC(F)F. The molecule has 0 spiro atoms. The van der Waals surface area contributed by atoms with E-state index in [1.165, 1.54) is 0 Å².